The molecule has 1 N–H and O–H groups in total. The van der Waals surface area contributed by atoms with Gasteiger partial charge in [-0.2, -0.15) is 0 Å². The van der Waals surface area contributed by atoms with Crippen molar-refractivity contribution in [3.63, 3.8) is 0 Å². The number of methoxy groups -OCH3 is 1. The van der Waals surface area contributed by atoms with Crippen LogP contribution in [0.5, 0.6) is 0 Å². The zero-order valence-electron chi connectivity index (χ0n) is 13.5. The van der Waals surface area contributed by atoms with E-state index in [1.807, 2.05) is 0 Å². The molecule has 0 aromatic rings. The van der Waals surface area contributed by atoms with Crippen LogP contribution < -0.4 is 5.32 Å². The third kappa shape index (κ3) is 6.24. The van der Waals surface area contributed by atoms with Gasteiger partial charge in [0.05, 0.1) is 6.61 Å². The highest BCUT2D eigenvalue weighted by Crippen LogP contribution is 2.22. The lowest BCUT2D eigenvalue weighted by atomic mass is 9.90. The molecule has 0 aromatic carbocycles. The summed E-state index contributed by atoms with van der Waals surface area (Å²) >= 11 is 0. The minimum Gasteiger partial charge on any atom is -0.383 e. The minimum absolute atomic E-state index is 0.649. The first-order valence-electron chi connectivity index (χ1n) is 8.09. The van der Waals surface area contributed by atoms with Crippen molar-refractivity contribution in [2.24, 2.45) is 5.92 Å². The molecule has 19 heavy (non-hydrogen) atoms. The topological polar surface area (TPSA) is 24.5 Å². The Hall–Kier alpha value is -0.120. The molecule has 0 aromatic heterocycles. The highest BCUT2D eigenvalue weighted by Gasteiger charge is 2.27. The summed E-state index contributed by atoms with van der Waals surface area (Å²) in [5.74, 6) is 0.722. The molecule has 2 unspecified atom stereocenters. The van der Waals surface area contributed by atoms with E-state index in [1.165, 1.54) is 45.1 Å². The van der Waals surface area contributed by atoms with Crippen LogP contribution in [-0.4, -0.2) is 50.8 Å². The van der Waals surface area contributed by atoms with Crippen LogP contribution in [-0.2, 0) is 4.74 Å². The normalized spacial score (nSPS) is 25.6. The van der Waals surface area contributed by atoms with Crippen LogP contribution in [0.15, 0.2) is 0 Å². The smallest absolute Gasteiger partial charge is 0.0589 e. The quantitative estimate of drug-likeness (QED) is 0.770. The molecule has 3 nitrogen and oxygen atoms in total. The monoisotopic (exact) mass is 270 g/mol. The van der Waals surface area contributed by atoms with Crippen molar-refractivity contribution in [1.82, 2.24) is 10.2 Å². The summed E-state index contributed by atoms with van der Waals surface area (Å²) in [5.41, 5.74) is 0. The maximum Gasteiger partial charge on any atom is 0.0589 e. The van der Waals surface area contributed by atoms with Gasteiger partial charge >= 0.3 is 0 Å². The lowest BCUT2D eigenvalue weighted by molar-refractivity contribution is 0.0827. The molecule has 0 bridgehead atoms. The highest BCUT2D eigenvalue weighted by molar-refractivity contribution is 4.85. The summed E-state index contributed by atoms with van der Waals surface area (Å²) in [6.07, 6.45) is 8.23. The van der Waals surface area contributed by atoms with Gasteiger partial charge in [0.1, 0.15) is 0 Å². The molecular formula is C16H34N2O. The number of nitrogens with one attached hydrogen (secondary N) is 1. The third-order valence-electron chi connectivity index (χ3n) is 4.25. The van der Waals surface area contributed by atoms with Crippen molar-refractivity contribution in [3.05, 3.63) is 0 Å². The number of rotatable bonds is 7. The first-order chi connectivity index (χ1) is 9.19. The fourth-order valence-corrected chi connectivity index (χ4v) is 3.31. The van der Waals surface area contributed by atoms with Gasteiger partial charge in [-0.1, -0.05) is 39.5 Å². The summed E-state index contributed by atoms with van der Waals surface area (Å²) in [4.78, 5) is 2.67. The Morgan fingerprint density at radius 3 is 2.42 bits per heavy atom. The average molecular weight is 270 g/mol. The van der Waals surface area contributed by atoms with Gasteiger partial charge < -0.3 is 10.1 Å². The van der Waals surface area contributed by atoms with Gasteiger partial charge in [-0.25, -0.2) is 0 Å². The minimum atomic E-state index is 0.649. The predicted molar refractivity (Wildman–Crippen MR) is 82.6 cm³/mol. The highest BCUT2D eigenvalue weighted by atomic mass is 16.5. The zero-order chi connectivity index (χ0) is 14.1. The lowest BCUT2D eigenvalue weighted by Crippen LogP contribution is -2.51. The van der Waals surface area contributed by atoms with E-state index in [2.05, 4.69) is 31.1 Å². The molecule has 0 radical (unpaired) electrons. The van der Waals surface area contributed by atoms with E-state index in [9.17, 15) is 0 Å². The van der Waals surface area contributed by atoms with Gasteiger partial charge in [0.25, 0.3) is 0 Å². The number of ether oxygens (including phenoxy) is 1. The maximum absolute atomic E-state index is 5.31. The second-order valence-electron chi connectivity index (χ2n) is 6.34. The van der Waals surface area contributed by atoms with Crippen molar-refractivity contribution in [1.29, 1.82) is 0 Å². The van der Waals surface area contributed by atoms with E-state index in [4.69, 9.17) is 4.74 Å². The van der Waals surface area contributed by atoms with E-state index in [-0.39, 0.29) is 0 Å². The Labute approximate surface area is 120 Å². The van der Waals surface area contributed by atoms with Crippen molar-refractivity contribution >= 4 is 0 Å². The summed E-state index contributed by atoms with van der Waals surface area (Å²) in [6, 6.07) is 1.33. The van der Waals surface area contributed by atoms with Crippen LogP contribution >= 0.6 is 0 Å². The van der Waals surface area contributed by atoms with Gasteiger partial charge in [-0.3, -0.25) is 4.90 Å². The molecule has 1 rings (SSSR count). The molecule has 0 aliphatic heterocycles. The fraction of sp³-hybridized carbons (Fsp3) is 1.00. The van der Waals surface area contributed by atoms with Gasteiger partial charge in [-0.15, -0.1) is 0 Å². The largest absolute Gasteiger partial charge is 0.383 e. The third-order valence-corrected chi connectivity index (χ3v) is 4.25. The van der Waals surface area contributed by atoms with Gasteiger partial charge in [0.2, 0.25) is 0 Å². The van der Waals surface area contributed by atoms with E-state index < -0.39 is 0 Å². The van der Waals surface area contributed by atoms with E-state index >= 15 is 0 Å². The molecule has 3 heteroatoms. The van der Waals surface area contributed by atoms with Crippen LogP contribution in [0.1, 0.15) is 52.4 Å². The Morgan fingerprint density at radius 1 is 1.16 bits per heavy atom. The molecule has 1 aliphatic rings. The Kier molecular flexibility index (Phi) is 8.67. The number of nitrogens with zero attached hydrogens (tertiary/aromatic N) is 1. The molecule has 114 valence electrons. The van der Waals surface area contributed by atoms with Crippen LogP contribution in [0, 0.1) is 5.92 Å². The summed E-state index contributed by atoms with van der Waals surface area (Å²) in [5, 5.41) is 3.57. The lowest BCUT2D eigenvalue weighted by Gasteiger charge is -2.39. The zero-order valence-corrected chi connectivity index (χ0v) is 13.5. The molecule has 0 amide bonds. The van der Waals surface area contributed by atoms with Gasteiger partial charge in [0.15, 0.2) is 0 Å². The predicted octanol–water partition coefficient (Wildman–Crippen LogP) is 2.90. The average Bonchev–Trinajstić information content (AvgIpc) is 2.34. The molecule has 1 saturated carbocycles. The maximum atomic E-state index is 5.31. The van der Waals surface area contributed by atoms with Crippen LogP contribution in [0.2, 0.25) is 0 Å². The summed E-state index contributed by atoms with van der Waals surface area (Å²) < 4.78 is 5.31. The molecule has 2 atom stereocenters. The van der Waals surface area contributed by atoms with E-state index in [0.29, 0.717) is 12.1 Å². The Morgan fingerprint density at radius 2 is 1.84 bits per heavy atom. The number of hydrogen-bond acceptors (Lipinski definition) is 3. The number of hydrogen-bond donors (Lipinski definition) is 1. The number of likely N-dealkylation sites (N-methyl/N-ethyl adjacent to an activating group) is 1. The molecule has 0 heterocycles. The van der Waals surface area contributed by atoms with Crippen LogP contribution in [0.4, 0.5) is 0 Å². The summed E-state index contributed by atoms with van der Waals surface area (Å²) in [6.45, 7) is 7.73. The SMILES string of the molecule is CNC1CCCCCCC1N(CCOC)CC(C)C. The van der Waals surface area contributed by atoms with Crippen LogP contribution in [0.25, 0.3) is 0 Å². The van der Waals surface area contributed by atoms with Crippen LogP contribution in [0.3, 0.4) is 0 Å². The molecular weight excluding hydrogens is 236 g/mol. The second kappa shape index (κ2) is 9.73. The first-order valence-corrected chi connectivity index (χ1v) is 8.09. The molecule has 1 aliphatic carbocycles. The van der Waals surface area contributed by atoms with E-state index in [0.717, 1.165) is 19.1 Å². The standard InChI is InChI=1S/C16H34N2O/c1-14(2)13-18(11-12-19-4)16-10-8-6-5-7-9-15(16)17-3/h14-17H,5-13H2,1-4H3. The van der Waals surface area contributed by atoms with Crippen molar-refractivity contribution in [2.75, 3.05) is 33.9 Å². The van der Waals surface area contributed by atoms with Crippen molar-refractivity contribution in [3.8, 4) is 0 Å². The van der Waals surface area contributed by atoms with E-state index in [1.54, 1.807) is 7.11 Å². The Bertz CT molecular complexity index is 221. The molecule has 0 spiro atoms. The van der Waals surface area contributed by atoms with Gasteiger partial charge in [-0.05, 0) is 25.8 Å². The first kappa shape index (κ1) is 16.9. The second-order valence-corrected chi connectivity index (χ2v) is 6.34. The summed E-state index contributed by atoms with van der Waals surface area (Å²) in [7, 11) is 3.93. The molecule has 1 fully saturated rings. The van der Waals surface area contributed by atoms with Crippen molar-refractivity contribution < 1.29 is 4.74 Å². The van der Waals surface area contributed by atoms with Crippen molar-refractivity contribution in [2.45, 2.75) is 64.5 Å². The van der Waals surface area contributed by atoms with Gasteiger partial charge in [0, 0.05) is 32.3 Å². The fourth-order valence-electron chi connectivity index (χ4n) is 3.31. The molecule has 0 saturated heterocycles. The Balaban J connectivity index is 2.67.